The summed E-state index contributed by atoms with van der Waals surface area (Å²) in [6.07, 6.45) is -0.122. The fourth-order valence-corrected chi connectivity index (χ4v) is 2.64. The quantitative estimate of drug-likeness (QED) is 0.712. The topological polar surface area (TPSA) is 99.8 Å². The Morgan fingerprint density at radius 2 is 2.08 bits per heavy atom. The summed E-state index contributed by atoms with van der Waals surface area (Å²) in [5.74, 6) is -0.124. The summed E-state index contributed by atoms with van der Waals surface area (Å²) in [6.45, 7) is 5.33. The number of rotatable bonds is 6. The Kier molecular flexibility index (Phi) is 6.62. The number of urea groups is 1. The highest BCUT2D eigenvalue weighted by molar-refractivity contribution is 5.98. The molecule has 25 heavy (non-hydrogen) atoms. The zero-order chi connectivity index (χ0) is 18.2. The molecular formula is C17H24N4O4. The molecule has 1 heterocycles. The molecule has 0 bridgehead atoms. The molecule has 1 atom stereocenters. The van der Waals surface area contributed by atoms with Gasteiger partial charge in [0.1, 0.15) is 11.8 Å². The van der Waals surface area contributed by atoms with Gasteiger partial charge in [-0.25, -0.2) is 4.79 Å². The van der Waals surface area contributed by atoms with Gasteiger partial charge >= 0.3 is 6.03 Å². The van der Waals surface area contributed by atoms with E-state index in [1.807, 2.05) is 13.0 Å². The molecule has 0 saturated carbocycles. The molecule has 1 aliphatic rings. The number of hydrogen-bond donors (Lipinski definition) is 3. The zero-order valence-electron chi connectivity index (χ0n) is 14.5. The highest BCUT2D eigenvalue weighted by Crippen LogP contribution is 2.24. The van der Waals surface area contributed by atoms with Crippen molar-refractivity contribution in [3.8, 4) is 5.75 Å². The standard InChI is InChI=1S/C17H24N4O4/c1-3-18-17(24)21-10-9-19-16(23)13(21)11-15(22)20-12-7-5-6-8-14(12)25-4-2/h5-8,13H,3-4,9-11H2,1-2H3,(H,18,24)(H,19,23)(H,20,22)/t13-/m1/s1. The van der Waals surface area contributed by atoms with E-state index in [0.717, 1.165) is 0 Å². The highest BCUT2D eigenvalue weighted by atomic mass is 16.5. The van der Waals surface area contributed by atoms with Crippen molar-refractivity contribution in [1.82, 2.24) is 15.5 Å². The van der Waals surface area contributed by atoms with E-state index >= 15 is 0 Å². The van der Waals surface area contributed by atoms with Gasteiger partial charge in [0.15, 0.2) is 0 Å². The van der Waals surface area contributed by atoms with Crippen LogP contribution in [0.4, 0.5) is 10.5 Å². The molecule has 1 aliphatic heterocycles. The molecule has 136 valence electrons. The van der Waals surface area contributed by atoms with Gasteiger partial charge in [-0.15, -0.1) is 0 Å². The van der Waals surface area contributed by atoms with E-state index in [0.29, 0.717) is 37.7 Å². The van der Waals surface area contributed by atoms with E-state index in [1.54, 1.807) is 25.1 Å². The van der Waals surface area contributed by atoms with E-state index in [4.69, 9.17) is 4.74 Å². The maximum Gasteiger partial charge on any atom is 0.318 e. The van der Waals surface area contributed by atoms with Gasteiger partial charge in [-0.3, -0.25) is 9.59 Å². The summed E-state index contributed by atoms with van der Waals surface area (Å²) in [5.41, 5.74) is 0.537. The minimum absolute atomic E-state index is 0.122. The third-order valence-electron chi connectivity index (χ3n) is 3.76. The van der Waals surface area contributed by atoms with Gasteiger partial charge < -0.3 is 25.6 Å². The Morgan fingerprint density at radius 3 is 2.80 bits per heavy atom. The molecule has 8 nitrogen and oxygen atoms in total. The van der Waals surface area contributed by atoms with Crippen LogP contribution in [0.15, 0.2) is 24.3 Å². The monoisotopic (exact) mass is 348 g/mol. The van der Waals surface area contributed by atoms with Crippen LogP contribution < -0.4 is 20.7 Å². The normalized spacial score (nSPS) is 16.8. The van der Waals surface area contributed by atoms with E-state index in [2.05, 4.69) is 16.0 Å². The Morgan fingerprint density at radius 1 is 1.32 bits per heavy atom. The fourth-order valence-electron chi connectivity index (χ4n) is 2.64. The fraction of sp³-hybridized carbons (Fsp3) is 0.471. The molecule has 0 aromatic heterocycles. The van der Waals surface area contributed by atoms with Crippen molar-refractivity contribution in [2.45, 2.75) is 26.3 Å². The van der Waals surface area contributed by atoms with Crippen molar-refractivity contribution in [1.29, 1.82) is 0 Å². The third kappa shape index (κ3) is 4.85. The van der Waals surface area contributed by atoms with Crippen molar-refractivity contribution in [2.75, 3.05) is 31.6 Å². The maximum absolute atomic E-state index is 12.4. The van der Waals surface area contributed by atoms with Crippen molar-refractivity contribution >= 4 is 23.5 Å². The van der Waals surface area contributed by atoms with Gasteiger partial charge in [0.2, 0.25) is 11.8 Å². The summed E-state index contributed by atoms with van der Waals surface area (Å²) in [7, 11) is 0. The second kappa shape index (κ2) is 8.91. The molecule has 1 aromatic carbocycles. The Hall–Kier alpha value is -2.77. The van der Waals surface area contributed by atoms with Crippen LogP contribution in [0, 0.1) is 0 Å². The number of amides is 4. The van der Waals surface area contributed by atoms with Gasteiger partial charge in [-0.05, 0) is 26.0 Å². The van der Waals surface area contributed by atoms with Gasteiger partial charge in [0.05, 0.1) is 18.7 Å². The number of nitrogens with zero attached hydrogens (tertiary/aromatic N) is 1. The number of nitrogens with one attached hydrogen (secondary N) is 3. The number of anilines is 1. The van der Waals surface area contributed by atoms with Crippen LogP contribution in [-0.2, 0) is 9.59 Å². The minimum Gasteiger partial charge on any atom is -0.492 e. The van der Waals surface area contributed by atoms with Crippen LogP contribution in [0.5, 0.6) is 5.75 Å². The Labute approximate surface area is 146 Å². The highest BCUT2D eigenvalue weighted by Gasteiger charge is 2.34. The van der Waals surface area contributed by atoms with E-state index < -0.39 is 6.04 Å². The molecule has 1 saturated heterocycles. The molecule has 1 fully saturated rings. The number of carbonyl (C=O) groups is 3. The average molecular weight is 348 g/mol. The van der Waals surface area contributed by atoms with Gasteiger partial charge in [-0.2, -0.15) is 0 Å². The first-order chi connectivity index (χ1) is 12.1. The number of hydrogen-bond acceptors (Lipinski definition) is 4. The number of para-hydroxylation sites is 2. The van der Waals surface area contributed by atoms with Crippen molar-refractivity contribution in [2.24, 2.45) is 0 Å². The van der Waals surface area contributed by atoms with Gasteiger partial charge in [0, 0.05) is 19.6 Å². The van der Waals surface area contributed by atoms with E-state index in [1.165, 1.54) is 4.90 Å². The predicted molar refractivity (Wildman–Crippen MR) is 93.4 cm³/mol. The van der Waals surface area contributed by atoms with Crippen LogP contribution >= 0.6 is 0 Å². The number of benzene rings is 1. The average Bonchev–Trinajstić information content (AvgIpc) is 2.59. The van der Waals surface area contributed by atoms with Crippen LogP contribution in [0.25, 0.3) is 0 Å². The molecule has 4 amide bonds. The molecule has 0 aliphatic carbocycles. The second-order valence-electron chi connectivity index (χ2n) is 5.52. The molecule has 1 aromatic rings. The van der Waals surface area contributed by atoms with Gasteiger partial charge in [0.25, 0.3) is 0 Å². The van der Waals surface area contributed by atoms with E-state index in [9.17, 15) is 14.4 Å². The first-order valence-electron chi connectivity index (χ1n) is 8.40. The maximum atomic E-state index is 12.4. The molecule has 3 N–H and O–H groups in total. The molecule has 0 radical (unpaired) electrons. The smallest absolute Gasteiger partial charge is 0.318 e. The number of piperazine rings is 1. The molecular weight excluding hydrogens is 324 g/mol. The Balaban J connectivity index is 2.06. The van der Waals surface area contributed by atoms with E-state index in [-0.39, 0.29) is 24.3 Å². The van der Waals surface area contributed by atoms with Crippen LogP contribution in [-0.4, -0.2) is 55.0 Å². The summed E-state index contributed by atoms with van der Waals surface area (Å²) < 4.78 is 5.47. The largest absolute Gasteiger partial charge is 0.492 e. The van der Waals surface area contributed by atoms with Crippen LogP contribution in [0.3, 0.4) is 0 Å². The van der Waals surface area contributed by atoms with Crippen LogP contribution in [0.2, 0.25) is 0 Å². The molecule has 2 rings (SSSR count). The number of ether oxygens (including phenoxy) is 1. The first kappa shape index (κ1) is 18.6. The molecule has 0 unspecified atom stereocenters. The first-order valence-corrected chi connectivity index (χ1v) is 8.40. The van der Waals surface area contributed by atoms with Crippen molar-refractivity contribution < 1.29 is 19.1 Å². The van der Waals surface area contributed by atoms with Crippen LogP contribution in [0.1, 0.15) is 20.3 Å². The predicted octanol–water partition coefficient (Wildman–Crippen LogP) is 0.944. The zero-order valence-corrected chi connectivity index (χ0v) is 14.5. The molecule has 8 heteroatoms. The summed E-state index contributed by atoms with van der Waals surface area (Å²) in [4.78, 5) is 38.1. The molecule has 0 spiro atoms. The summed E-state index contributed by atoms with van der Waals surface area (Å²) >= 11 is 0. The van der Waals surface area contributed by atoms with Gasteiger partial charge in [-0.1, -0.05) is 12.1 Å². The lowest BCUT2D eigenvalue weighted by Crippen LogP contribution is -2.60. The lowest BCUT2D eigenvalue weighted by atomic mass is 10.1. The third-order valence-corrected chi connectivity index (χ3v) is 3.76. The summed E-state index contributed by atoms with van der Waals surface area (Å²) in [6, 6.07) is 5.90. The second-order valence-corrected chi connectivity index (χ2v) is 5.52. The lowest BCUT2D eigenvalue weighted by Gasteiger charge is -2.34. The minimum atomic E-state index is -0.834. The SMILES string of the molecule is CCNC(=O)N1CCNC(=O)[C@H]1CC(=O)Nc1ccccc1OCC. The van der Waals surface area contributed by atoms with Crippen molar-refractivity contribution in [3.05, 3.63) is 24.3 Å². The lowest BCUT2D eigenvalue weighted by molar-refractivity contribution is -0.131. The van der Waals surface area contributed by atoms with Crippen molar-refractivity contribution in [3.63, 3.8) is 0 Å². The summed E-state index contributed by atoms with van der Waals surface area (Å²) in [5, 5.41) is 8.12. The Bertz CT molecular complexity index is 635. The number of carbonyl (C=O) groups excluding carboxylic acids is 3.